The van der Waals surface area contributed by atoms with E-state index in [2.05, 4.69) is 25.9 Å². The highest BCUT2D eigenvalue weighted by molar-refractivity contribution is 7.16. The number of Topliss-reactive ketones (excluding diaryl/α,β-unsaturated/α-hetero) is 1. The third kappa shape index (κ3) is 5.51. The third-order valence-corrected chi connectivity index (χ3v) is 8.76. The van der Waals surface area contributed by atoms with Gasteiger partial charge in [0.1, 0.15) is 17.8 Å². The fourth-order valence-corrected chi connectivity index (χ4v) is 6.68. The number of thiazole rings is 1. The van der Waals surface area contributed by atoms with Gasteiger partial charge in [0.05, 0.1) is 39.1 Å². The maximum Gasteiger partial charge on any atom is 0.255 e. The Hall–Kier alpha value is -3.11. The van der Waals surface area contributed by atoms with Crippen molar-refractivity contribution in [3.63, 3.8) is 0 Å². The number of carbonyl (C=O) groups is 2. The Morgan fingerprint density at radius 3 is 2.66 bits per heavy atom. The van der Waals surface area contributed by atoms with Crippen LogP contribution in [0.4, 0.5) is 21.6 Å². The molecule has 0 aliphatic heterocycles. The van der Waals surface area contributed by atoms with Gasteiger partial charge in [0.25, 0.3) is 5.91 Å². The van der Waals surface area contributed by atoms with Crippen LogP contribution in [-0.4, -0.2) is 50.6 Å². The highest BCUT2D eigenvalue weighted by Gasteiger charge is 2.54. The Morgan fingerprint density at radius 1 is 1.18 bits per heavy atom. The van der Waals surface area contributed by atoms with E-state index in [1.54, 1.807) is 23.8 Å². The normalized spacial score (nSPS) is 23.4. The van der Waals surface area contributed by atoms with Gasteiger partial charge in [0, 0.05) is 29.9 Å². The monoisotopic (exact) mass is 539 g/mol. The zero-order valence-electron chi connectivity index (χ0n) is 21.9. The van der Waals surface area contributed by atoms with E-state index in [9.17, 15) is 19.1 Å². The zero-order chi connectivity index (χ0) is 27.1. The molecular weight excluding hydrogens is 505 g/mol. The molecule has 2 heterocycles. The molecule has 10 heteroatoms. The molecule has 2 aliphatic rings. The van der Waals surface area contributed by atoms with Crippen LogP contribution in [0.15, 0.2) is 36.0 Å². The summed E-state index contributed by atoms with van der Waals surface area (Å²) < 4.78 is 15.4. The summed E-state index contributed by atoms with van der Waals surface area (Å²) in [6.45, 7) is 4.08. The van der Waals surface area contributed by atoms with E-state index < -0.39 is 17.7 Å². The number of aromatic nitrogens is 2. The number of hydrogen-bond donors (Lipinski definition) is 4. The van der Waals surface area contributed by atoms with Gasteiger partial charge in [-0.25, -0.2) is 14.4 Å². The average molecular weight is 540 g/mol. The van der Waals surface area contributed by atoms with Crippen LogP contribution in [0.2, 0.25) is 0 Å². The van der Waals surface area contributed by atoms with Gasteiger partial charge < -0.3 is 25.9 Å². The first kappa shape index (κ1) is 26.5. The molecule has 202 valence electrons. The molecule has 0 saturated heterocycles. The zero-order valence-corrected chi connectivity index (χ0v) is 22.8. The van der Waals surface area contributed by atoms with Crippen molar-refractivity contribution >= 4 is 50.4 Å². The number of rotatable bonds is 10. The molecule has 4 N–H and O–H groups in total. The number of carbonyl (C=O) groups excluding carboxylic acids is 2. The highest BCUT2D eigenvalue weighted by atomic mass is 32.1. The fraction of sp³-hybridized carbons (Fsp3) is 0.500. The van der Waals surface area contributed by atoms with E-state index in [0.717, 1.165) is 48.0 Å². The predicted octanol–water partition coefficient (Wildman–Crippen LogP) is 5.37. The standard InChI is InChI=1S/C28H34FN5O3S/c1-17(35)12-27-6-8-28(15-27,9-7-27)34-21-11-24(33-18-4-5-20-22(10-18)38-16-32-20)30-13-19(21)25(36)31-14-23(29)26(2,3)37/h4-5,10-11,13,16,23,37H,6-9,12,14-15H2,1-3H3,(H,31,36)(H2,30,33,34)/t23-,27?,28?/m1/s1. The van der Waals surface area contributed by atoms with Gasteiger partial charge in [-0.15, -0.1) is 11.3 Å². The van der Waals surface area contributed by atoms with Gasteiger partial charge >= 0.3 is 0 Å². The van der Waals surface area contributed by atoms with Gasteiger partial charge in [-0.2, -0.15) is 0 Å². The molecule has 2 aromatic heterocycles. The number of aliphatic hydroxyl groups is 1. The molecule has 0 unspecified atom stereocenters. The molecule has 0 spiro atoms. The van der Waals surface area contributed by atoms with Crippen LogP contribution < -0.4 is 16.0 Å². The lowest BCUT2D eigenvalue weighted by molar-refractivity contribution is -0.119. The van der Waals surface area contributed by atoms with Crippen molar-refractivity contribution < 1.29 is 19.1 Å². The first-order valence-electron chi connectivity index (χ1n) is 13.0. The van der Waals surface area contributed by atoms with Crippen molar-refractivity contribution in [2.75, 3.05) is 17.2 Å². The molecule has 1 atom stereocenters. The van der Waals surface area contributed by atoms with Crippen molar-refractivity contribution in [3.05, 3.63) is 41.5 Å². The topological polar surface area (TPSA) is 116 Å². The van der Waals surface area contributed by atoms with Gasteiger partial charge in [0.2, 0.25) is 0 Å². The minimum Gasteiger partial charge on any atom is -0.387 e. The number of amides is 1. The summed E-state index contributed by atoms with van der Waals surface area (Å²) in [6, 6.07) is 7.68. The lowest BCUT2D eigenvalue weighted by Gasteiger charge is -2.30. The molecule has 2 saturated carbocycles. The molecule has 38 heavy (non-hydrogen) atoms. The molecule has 2 bridgehead atoms. The van der Waals surface area contributed by atoms with Crippen molar-refractivity contribution in [2.45, 2.75) is 76.6 Å². The quantitative estimate of drug-likeness (QED) is 0.274. The fourth-order valence-electron chi connectivity index (χ4n) is 5.97. The maximum atomic E-state index is 14.3. The Kier molecular flexibility index (Phi) is 6.89. The van der Waals surface area contributed by atoms with Crippen LogP contribution in [0.1, 0.15) is 69.7 Å². The van der Waals surface area contributed by atoms with Crippen molar-refractivity contribution in [3.8, 4) is 0 Å². The summed E-state index contributed by atoms with van der Waals surface area (Å²) in [4.78, 5) is 33.9. The summed E-state index contributed by atoms with van der Waals surface area (Å²) >= 11 is 1.55. The van der Waals surface area contributed by atoms with Crippen LogP contribution in [0.25, 0.3) is 10.2 Å². The SMILES string of the molecule is CC(=O)CC12CCC(Nc3cc(Nc4ccc5ncsc5c4)ncc3C(=O)NC[C@@H](F)C(C)(C)O)(CC1)C2. The first-order chi connectivity index (χ1) is 18.0. The molecular formula is C28H34FN5O3S. The van der Waals surface area contributed by atoms with Crippen LogP contribution in [0.5, 0.6) is 0 Å². The summed E-state index contributed by atoms with van der Waals surface area (Å²) in [6.07, 6.45) is 5.11. The van der Waals surface area contributed by atoms with Crippen molar-refractivity contribution in [1.82, 2.24) is 15.3 Å². The molecule has 3 aromatic rings. The number of nitrogens with zero attached hydrogens (tertiary/aromatic N) is 2. The summed E-state index contributed by atoms with van der Waals surface area (Å²) in [5.74, 6) is 0.311. The molecule has 0 radical (unpaired) electrons. The molecule has 2 aliphatic carbocycles. The second-order valence-corrected chi connectivity index (χ2v) is 12.5. The second-order valence-electron chi connectivity index (χ2n) is 11.6. The van der Waals surface area contributed by atoms with Crippen LogP contribution in [0, 0.1) is 5.41 Å². The van der Waals surface area contributed by atoms with Crippen LogP contribution in [0.3, 0.4) is 0 Å². The minimum absolute atomic E-state index is 0.0215. The van der Waals surface area contributed by atoms with Gasteiger partial charge in [-0.1, -0.05) is 0 Å². The number of nitrogens with one attached hydrogen (secondary N) is 3. The number of pyridine rings is 1. The van der Waals surface area contributed by atoms with Crippen molar-refractivity contribution in [2.24, 2.45) is 5.41 Å². The van der Waals surface area contributed by atoms with E-state index in [1.165, 1.54) is 20.0 Å². The number of benzene rings is 1. The number of fused-ring (bicyclic) bond motifs is 3. The van der Waals surface area contributed by atoms with Crippen LogP contribution in [-0.2, 0) is 4.79 Å². The lowest BCUT2D eigenvalue weighted by atomic mass is 9.80. The Labute approximate surface area is 225 Å². The smallest absolute Gasteiger partial charge is 0.255 e. The van der Waals surface area contributed by atoms with Gasteiger partial charge in [-0.05, 0) is 76.5 Å². The minimum atomic E-state index is -1.62. The first-order valence-corrected chi connectivity index (χ1v) is 13.9. The number of alkyl halides is 1. The predicted molar refractivity (Wildman–Crippen MR) is 148 cm³/mol. The molecule has 2 fully saturated rings. The van der Waals surface area contributed by atoms with E-state index >= 15 is 0 Å². The molecule has 8 nitrogen and oxygen atoms in total. The van der Waals surface area contributed by atoms with Gasteiger partial charge in [0.15, 0.2) is 0 Å². The summed E-state index contributed by atoms with van der Waals surface area (Å²) in [5.41, 5.74) is 2.75. The van der Waals surface area contributed by atoms with E-state index in [0.29, 0.717) is 23.5 Å². The lowest BCUT2D eigenvalue weighted by Crippen LogP contribution is -2.42. The molecule has 1 aromatic carbocycles. The van der Waals surface area contributed by atoms with E-state index in [-0.39, 0.29) is 23.3 Å². The summed E-state index contributed by atoms with van der Waals surface area (Å²) in [7, 11) is 0. The Bertz CT molecular complexity index is 1360. The van der Waals surface area contributed by atoms with E-state index in [4.69, 9.17) is 0 Å². The largest absolute Gasteiger partial charge is 0.387 e. The van der Waals surface area contributed by atoms with Crippen LogP contribution >= 0.6 is 11.3 Å². The Morgan fingerprint density at radius 2 is 1.95 bits per heavy atom. The number of halogens is 1. The van der Waals surface area contributed by atoms with Gasteiger partial charge in [-0.3, -0.25) is 4.79 Å². The second kappa shape index (κ2) is 9.89. The van der Waals surface area contributed by atoms with Crippen molar-refractivity contribution in [1.29, 1.82) is 0 Å². The molecule has 1 amide bonds. The Balaban J connectivity index is 1.41. The highest BCUT2D eigenvalue weighted by Crippen LogP contribution is 2.59. The molecule has 5 rings (SSSR count). The number of hydrogen-bond acceptors (Lipinski definition) is 8. The summed E-state index contributed by atoms with van der Waals surface area (Å²) in [5, 5.41) is 19.5. The number of ketones is 1. The van der Waals surface area contributed by atoms with E-state index in [1.807, 2.05) is 24.3 Å². The number of anilines is 3. The maximum absolute atomic E-state index is 14.3. The average Bonchev–Trinajstić information content (AvgIpc) is 3.54. The third-order valence-electron chi connectivity index (χ3n) is 7.97.